The molecule has 0 spiro atoms. The molecule has 2 nitrogen and oxygen atoms in total. The molecule has 0 aliphatic carbocycles. The first-order chi connectivity index (χ1) is 5.88. The van der Waals surface area contributed by atoms with Gasteiger partial charge in [-0.2, -0.15) is 0 Å². The summed E-state index contributed by atoms with van der Waals surface area (Å²) < 4.78 is 5.41. The molecule has 0 amide bonds. The second-order valence-corrected chi connectivity index (χ2v) is 3.45. The molecule has 0 aromatic rings. The van der Waals surface area contributed by atoms with Gasteiger partial charge in [-0.3, -0.25) is 0 Å². The largest absolute Gasteiger partial charge is 0.370 e. The highest BCUT2D eigenvalue weighted by Gasteiger charge is 2.36. The summed E-state index contributed by atoms with van der Waals surface area (Å²) in [6, 6.07) is 0. The van der Waals surface area contributed by atoms with Crippen LogP contribution in [0.4, 0.5) is 0 Å². The van der Waals surface area contributed by atoms with E-state index in [9.17, 15) is 4.79 Å². The van der Waals surface area contributed by atoms with Crippen LogP contribution < -0.4 is 0 Å². The van der Waals surface area contributed by atoms with Crippen molar-refractivity contribution >= 4 is 6.29 Å². The van der Waals surface area contributed by atoms with Crippen LogP contribution in [0.1, 0.15) is 45.4 Å². The lowest BCUT2D eigenvalue weighted by molar-refractivity contribution is -0.108. The first-order valence-electron chi connectivity index (χ1n) is 4.97. The molecule has 1 saturated heterocycles. The summed E-state index contributed by atoms with van der Waals surface area (Å²) in [4.78, 5) is 10.0. The number of carbonyl (C=O) groups is 1. The van der Waals surface area contributed by atoms with Gasteiger partial charge in [0.05, 0.1) is 12.2 Å². The quantitative estimate of drug-likeness (QED) is 0.333. The predicted molar refractivity (Wildman–Crippen MR) is 48.1 cm³/mol. The van der Waals surface area contributed by atoms with Crippen molar-refractivity contribution in [1.82, 2.24) is 0 Å². The summed E-state index contributed by atoms with van der Waals surface area (Å²) in [6.07, 6.45) is 8.51. The Labute approximate surface area is 74.3 Å². The van der Waals surface area contributed by atoms with Gasteiger partial charge in [-0.25, -0.2) is 0 Å². The lowest BCUT2D eigenvalue weighted by atomic mass is 10.1. The second-order valence-electron chi connectivity index (χ2n) is 3.45. The molecule has 0 radical (unpaired) electrons. The van der Waals surface area contributed by atoms with Crippen LogP contribution in [0, 0.1) is 0 Å². The number of epoxide rings is 1. The molecule has 0 aromatic carbocycles. The molecule has 1 aliphatic heterocycles. The number of hydrogen-bond donors (Lipinski definition) is 0. The molecule has 1 rings (SSSR count). The maximum Gasteiger partial charge on any atom is 0.120 e. The summed E-state index contributed by atoms with van der Waals surface area (Å²) in [6.45, 7) is 2.21. The maximum absolute atomic E-state index is 10.0. The highest BCUT2D eigenvalue weighted by Crippen LogP contribution is 2.30. The van der Waals surface area contributed by atoms with Gasteiger partial charge >= 0.3 is 0 Å². The minimum atomic E-state index is 0.409. The van der Waals surface area contributed by atoms with Crippen molar-refractivity contribution < 1.29 is 9.53 Å². The van der Waals surface area contributed by atoms with E-state index < -0.39 is 0 Å². The molecule has 1 heterocycles. The molecule has 2 unspecified atom stereocenters. The first kappa shape index (κ1) is 9.72. The maximum atomic E-state index is 10.0. The van der Waals surface area contributed by atoms with Crippen LogP contribution in [0.15, 0.2) is 0 Å². The van der Waals surface area contributed by atoms with Crippen molar-refractivity contribution in [2.45, 2.75) is 57.7 Å². The van der Waals surface area contributed by atoms with Crippen LogP contribution in [0.3, 0.4) is 0 Å². The molecule has 0 N–H and O–H groups in total. The van der Waals surface area contributed by atoms with Crippen LogP contribution in [-0.2, 0) is 9.53 Å². The summed E-state index contributed by atoms with van der Waals surface area (Å²) in [7, 11) is 0. The molecular formula is C10H18O2. The third-order valence-electron chi connectivity index (χ3n) is 2.35. The van der Waals surface area contributed by atoms with Gasteiger partial charge in [-0.05, 0) is 12.8 Å². The van der Waals surface area contributed by atoms with Gasteiger partial charge in [-0.15, -0.1) is 0 Å². The minimum Gasteiger partial charge on any atom is -0.370 e. The normalized spacial score (nSPS) is 27.1. The van der Waals surface area contributed by atoms with Crippen LogP contribution in [-0.4, -0.2) is 18.5 Å². The Balaban J connectivity index is 1.89. The van der Waals surface area contributed by atoms with E-state index in [0.717, 1.165) is 12.7 Å². The Morgan fingerprint density at radius 2 is 2.00 bits per heavy atom. The average molecular weight is 170 g/mol. The number of carbonyl (C=O) groups excluding carboxylic acids is 1. The van der Waals surface area contributed by atoms with E-state index in [1.807, 2.05) is 0 Å². The highest BCUT2D eigenvalue weighted by molar-refractivity contribution is 5.49. The number of rotatable bonds is 7. The van der Waals surface area contributed by atoms with Gasteiger partial charge in [0.25, 0.3) is 0 Å². The fourth-order valence-corrected chi connectivity index (χ4v) is 1.51. The van der Waals surface area contributed by atoms with E-state index in [-0.39, 0.29) is 0 Å². The Morgan fingerprint density at radius 1 is 1.25 bits per heavy atom. The van der Waals surface area contributed by atoms with Crippen LogP contribution >= 0.6 is 0 Å². The van der Waals surface area contributed by atoms with E-state index in [0.29, 0.717) is 18.6 Å². The summed E-state index contributed by atoms with van der Waals surface area (Å²) in [5.41, 5.74) is 0. The zero-order valence-corrected chi connectivity index (χ0v) is 7.79. The molecule has 0 bridgehead atoms. The van der Waals surface area contributed by atoms with Gasteiger partial charge in [0.1, 0.15) is 6.29 Å². The second kappa shape index (κ2) is 5.31. The SMILES string of the molecule is CCCCCC1OC1CCC=O. The van der Waals surface area contributed by atoms with Crippen molar-refractivity contribution in [3.8, 4) is 0 Å². The lowest BCUT2D eigenvalue weighted by Crippen LogP contribution is -1.94. The average Bonchev–Trinajstić information content (AvgIpc) is 2.81. The van der Waals surface area contributed by atoms with E-state index in [1.165, 1.54) is 25.7 Å². The Morgan fingerprint density at radius 3 is 2.67 bits per heavy atom. The number of hydrogen-bond acceptors (Lipinski definition) is 2. The molecular weight excluding hydrogens is 152 g/mol. The van der Waals surface area contributed by atoms with Gasteiger partial charge in [0.2, 0.25) is 0 Å². The molecule has 70 valence electrons. The van der Waals surface area contributed by atoms with Gasteiger partial charge in [-0.1, -0.05) is 26.2 Å². The van der Waals surface area contributed by atoms with Gasteiger partial charge in [0.15, 0.2) is 0 Å². The monoisotopic (exact) mass is 170 g/mol. The summed E-state index contributed by atoms with van der Waals surface area (Å²) in [5.74, 6) is 0. The highest BCUT2D eigenvalue weighted by atomic mass is 16.6. The van der Waals surface area contributed by atoms with Gasteiger partial charge in [0, 0.05) is 6.42 Å². The molecule has 1 fully saturated rings. The molecule has 12 heavy (non-hydrogen) atoms. The Hall–Kier alpha value is -0.370. The predicted octanol–water partition coefficient (Wildman–Crippen LogP) is 2.31. The smallest absolute Gasteiger partial charge is 0.120 e. The summed E-state index contributed by atoms with van der Waals surface area (Å²) in [5, 5.41) is 0. The number of aldehydes is 1. The third-order valence-corrected chi connectivity index (χ3v) is 2.35. The van der Waals surface area contributed by atoms with Crippen molar-refractivity contribution in [3.05, 3.63) is 0 Å². The van der Waals surface area contributed by atoms with Crippen molar-refractivity contribution in [1.29, 1.82) is 0 Å². The number of ether oxygens (including phenoxy) is 1. The minimum absolute atomic E-state index is 0.409. The van der Waals surface area contributed by atoms with Crippen molar-refractivity contribution in [3.63, 3.8) is 0 Å². The fraction of sp³-hybridized carbons (Fsp3) is 0.900. The molecule has 2 atom stereocenters. The van der Waals surface area contributed by atoms with E-state index in [1.54, 1.807) is 0 Å². The zero-order valence-electron chi connectivity index (χ0n) is 7.79. The fourth-order valence-electron chi connectivity index (χ4n) is 1.51. The Kier molecular flexibility index (Phi) is 4.30. The van der Waals surface area contributed by atoms with Gasteiger partial charge < -0.3 is 9.53 Å². The zero-order chi connectivity index (χ0) is 8.81. The lowest BCUT2D eigenvalue weighted by Gasteiger charge is -1.93. The standard InChI is InChI=1S/C10H18O2/c1-2-3-4-6-9-10(12-9)7-5-8-11/h8-10H,2-7H2,1H3. The van der Waals surface area contributed by atoms with Crippen LogP contribution in [0.5, 0.6) is 0 Å². The van der Waals surface area contributed by atoms with E-state index in [4.69, 9.17) is 4.74 Å². The van der Waals surface area contributed by atoms with Crippen LogP contribution in [0.25, 0.3) is 0 Å². The molecule has 2 heteroatoms. The molecule has 0 saturated carbocycles. The van der Waals surface area contributed by atoms with Crippen molar-refractivity contribution in [2.24, 2.45) is 0 Å². The third kappa shape index (κ3) is 3.35. The molecule has 0 aromatic heterocycles. The van der Waals surface area contributed by atoms with E-state index in [2.05, 4.69) is 6.92 Å². The van der Waals surface area contributed by atoms with E-state index >= 15 is 0 Å². The number of unbranched alkanes of at least 4 members (excludes halogenated alkanes) is 2. The van der Waals surface area contributed by atoms with Crippen LogP contribution in [0.2, 0.25) is 0 Å². The molecule has 1 aliphatic rings. The first-order valence-corrected chi connectivity index (χ1v) is 4.97. The topological polar surface area (TPSA) is 29.6 Å². The van der Waals surface area contributed by atoms with Crippen molar-refractivity contribution in [2.75, 3.05) is 0 Å². The summed E-state index contributed by atoms with van der Waals surface area (Å²) >= 11 is 0. The Bertz CT molecular complexity index is 134.